The van der Waals surface area contributed by atoms with E-state index in [0.717, 1.165) is 22.5 Å². The van der Waals surface area contributed by atoms with Crippen molar-refractivity contribution in [2.75, 3.05) is 16.8 Å². The number of rotatable bonds is 5. The summed E-state index contributed by atoms with van der Waals surface area (Å²) >= 11 is 6.12. The molecular weight excluding hydrogens is 424 g/mol. The number of para-hydroxylation sites is 1. The highest BCUT2D eigenvalue weighted by Gasteiger charge is 2.31. The monoisotopic (exact) mass is 442 g/mol. The lowest BCUT2D eigenvalue weighted by atomic mass is 10.0. The number of carbonyl (C=O) groups excluding carboxylic acids is 1. The van der Waals surface area contributed by atoms with Crippen molar-refractivity contribution in [1.29, 1.82) is 0 Å². The van der Waals surface area contributed by atoms with E-state index in [4.69, 9.17) is 11.6 Å². The fourth-order valence-corrected chi connectivity index (χ4v) is 3.87. The van der Waals surface area contributed by atoms with Crippen molar-refractivity contribution in [2.45, 2.75) is 6.04 Å². The zero-order valence-corrected chi connectivity index (χ0v) is 17.7. The molecule has 7 nitrogen and oxygen atoms in total. The van der Waals surface area contributed by atoms with Gasteiger partial charge in [-0.15, -0.1) is 0 Å². The summed E-state index contributed by atoms with van der Waals surface area (Å²) in [5.41, 5.74) is 3.52. The van der Waals surface area contributed by atoms with E-state index in [1.54, 1.807) is 4.68 Å². The average Bonchev–Trinajstić information content (AvgIpc) is 3.31. The molecule has 0 saturated carbocycles. The lowest BCUT2D eigenvalue weighted by Crippen LogP contribution is -2.37. The molecule has 2 heterocycles. The van der Waals surface area contributed by atoms with E-state index in [0.29, 0.717) is 11.0 Å². The average molecular weight is 443 g/mol. The summed E-state index contributed by atoms with van der Waals surface area (Å²) in [6.45, 7) is 0.0469. The van der Waals surface area contributed by atoms with E-state index in [2.05, 4.69) is 26.9 Å². The Bertz CT molecular complexity index is 1250. The molecule has 32 heavy (non-hydrogen) atoms. The van der Waals surface area contributed by atoms with Crippen LogP contribution in [0, 0.1) is 0 Å². The molecule has 1 aliphatic rings. The van der Waals surface area contributed by atoms with E-state index in [-0.39, 0.29) is 18.5 Å². The van der Waals surface area contributed by atoms with E-state index >= 15 is 0 Å². The standard InChI is InChI=1S/C24H19ClN6O/c25-19-13-11-18(12-14-19)21-15-22(17-7-3-1-4-8-17)31-24(27-28-29-31)30(21)16-23(32)26-20-9-5-2-6-10-20/h1-15,22H,16H2,(H,26,32)/t22-/m1/s1. The summed E-state index contributed by atoms with van der Waals surface area (Å²) in [5, 5.41) is 15.9. The third kappa shape index (κ3) is 3.98. The first-order chi connectivity index (χ1) is 15.7. The number of carbonyl (C=O) groups is 1. The number of anilines is 2. The molecule has 5 rings (SSSR count). The van der Waals surface area contributed by atoms with E-state index in [9.17, 15) is 4.79 Å². The fraction of sp³-hybridized carbons (Fsp3) is 0.0833. The molecule has 0 spiro atoms. The van der Waals surface area contributed by atoms with Crippen LogP contribution in [0.15, 0.2) is 91.0 Å². The molecule has 4 aromatic rings. The molecule has 0 aliphatic carbocycles. The predicted molar refractivity (Wildman–Crippen MR) is 124 cm³/mol. The molecule has 1 aromatic heterocycles. The fourth-order valence-electron chi connectivity index (χ4n) is 3.75. The summed E-state index contributed by atoms with van der Waals surface area (Å²) in [5.74, 6) is 0.318. The zero-order valence-electron chi connectivity index (χ0n) is 17.0. The highest BCUT2D eigenvalue weighted by molar-refractivity contribution is 6.30. The van der Waals surface area contributed by atoms with Gasteiger partial charge in [0.05, 0.1) is 5.70 Å². The second kappa shape index (κ2) is 8.64. The van der Waals surface area contributed by atoms with Crippen LogP contribution in [-0.2, 0) is 4.79 Å². The Morgan fingerprint density at radius 1 is 0.938 bits per heavy atom. The molecule has 1 N–H and O–H groups in total. The number of fused-ring (bicyclic) bond motifs is 1. The number of nitrogens with zero attached hydrogens (tertiary/aromatic N) is 5. The SMILES string of the molecule is O=C(CN1C(c2ccc(Cl)cc2)=C[C@H](c2ccccc2)n2nnnc21)Nc1ccccc1. The molecule has 3 aromatic carbocycles. The summed E-state index contributed by atoms with van der Waals surface area (Å²) < 4.78 is 1.73. The highest BCUT2D eigenvalue weighted by atomic mass is 35.5. The molecule has 0 saturated heterocycles. The van der Waals surface area contributed by atoms with Crippen LogP contribution in [0.3, 0.4) is 0 Å². The summed E-state index contributed by atoms with van der Waals surface area (Å²) in [4.78, 5) is 14.7. The summed E-state index contributed by atoms with van der Waals surface area (Å²) in [6, 6.07) is 26.6. The van der Waals surface area contributed by atoms with Crippen molar-refractivity contribution in [3.05, 3.63) is 107 Å². The molecule has 0 unspecified atom stereocenters. The molecule has 1 amide bonds. The van der Waals surface area contributed by atoms with Gasteiger partial charge < -0.3 is 5.32 Å². The number of aromatic nitrogens is 4. The first-order valence-corrected chi connectivity index (χ1v) is 10.5. The number of amides is 1. The number of halogens is 1. The Labute approximate surface area is 189 Å². The van der Waals surface area contributed by atoms with Crippen molar-refractivity contribution in [3.8, 4) is 0 Å². The van der Waals surface area contributed by atoms with Gasteiger partial charge in [0.1, 0.15) is 12.6 Å². The summed E-state index contributed by atoms with van der Waals surface area (Å²) in [6.07, 6.45) is 2.07. The van der Waals surface area contributed by atoms with Crippen LogP contribution >= 0.6 is 11.6 Å². The molecule has 1 aliphatic heterocycles. The maximum Gasteiger partial charge on any atom is 0.251 e. The number of benzene rings is 3. The number of tetrazole rings is 1. The van der Waals surface area contributed by atoms with Gasteiger partial charge in [-0.2, -0.15) is 4.68 Å². The number of hydrogen-bond donors (Lipinski definition) is 1. The Morgan fingerprint density at radius 2 is 1.62 bits per heavy atom. The van der Waals surface area contributed by atoms with Gasteiger partial charge in [0.15, 0.2) is 0 Å². The van der Waals surface area contributed by atoms with Crippen LogP contribution in [0.5, 0.6) is 0 Å². The minimum Gasteiger partial charge on any atom is -0.325 e. The normalized spacial score (nSPS) is 15.1. The van der Waals surface area contributed by atoms with Gasteiger partial charge in [-0.05, 0) is 51.9 Å². The van der Waals surface area contributed by atoms with Crippen LogP contribution in [0.4, 0.5) is 11.6 Å². The van der Waals surface area contributed by atoms with Crippen LogP contribution in [0.1, 0.15) is 17.2 Å². The largest absolute Gasteiger partial charge is 0.325 e. The summed E-state index contributed by atoms with van der Waals surface area (Å²) in [7, 11) is 0. The maximum atomic E-state index is 12.9. The van der Waals surface area contributed by atoms with E-state index in [1.807, 2.05) is 89.8 Å². The first kappa shape index (κ1) is 20.0. The topological polar surface area (TPSA) is 75.9 Å². The second-order valence-electron chi connectivity index (χ2n) is 7.34. The Morgan fingerprint density at radius 3 is 2.34 bits per heavy atom. The van der Waals surface area contributed by atoms with Gasteiger partial charge >= 0.3 is 0 Å². The Balaban J connectivity index is 1.54. The molecule has 8 heteroatoms. The van der Waals surface area contributed by atoms with E-state index in [1.165, 1.54) is 0 Å². The number of nitrogens with one attached hydrogen (secondary N) is 1. The molecule has 0 bridgehead atoms. The Hall–Kier alpha value is -3.97. The quantitative estimate of drug-likeness (QED) is 0.495. The third-order valence-electron chi connectivity index (χ3n) is 5.23. The minimum atomic E-state index is -0.208. The van der Waals surface area contributed by atoms with Crippen molar-refractivity contribution in [2.24, 2.45) is 0 Å². The second-order valence-corrected chi connectivity index (χ2v) is 7.77. The van der Waals surface area contributed by atoms with Gasteiger partial charge in [-0.1, -0.05) is 77.4 Å². The minimum absolute atomic E-state index is 0.0469. The number of hydrogen-bond acceptors (Lipinski definition) is 5. The van der Waals surface area contributed by atoms with Gasteiger partial charge in [0, 0.05) is 10.7 Å². The van der Waals surface area contributed by atoms with Gasteiger partial charge in [0.2, 0.25) is 5.91 Å². The van der Waals surface area contributed by atoms with Gasteiger partial charge in [0.25, 0.3) is 5.95 Å². The Kier molecular flexibility index (Phi) is 5.39. The van der Waals surface area contributed by atoms with Crippen LogP contribution in [-0.4, -0.2) is 32.7 Å². The molecular formula is C24H19ClN6O. The predicted octanol–water partition coefficient (Wildman–Crippen LogP) is 4.42. The lowest BCUT2D eigenvalue weighted by Gasteiger charge is -2.32. The van der Waals surface area contributed by atoms with Crippen molar-refractivity contribution in [3.63, 3.8) is 0 Å². The van der Waals surface area contributed by atoms with Crippen LogP contribution in [0.2, 0.25) is 5.02 Å². The maximum absolute atomic E-state index is 12.9. The van der Waals surface area contributed by atoms with Crippen LogP contribution in [0.25, 0.3) is 5.70 Å². The molecule has 0 fully saturated rings. The number of allylic oxidation sites excluding steroid dienone is 1. The highest BCUT2D eigenvalue weighted by Crippen LogP contribution is 2.36. The zero-order chi connectivity index (χ0) is 21.9. The molecule has 158 valence electrons. The van der Waals surface area contributed by atoms with Crippen molar-refractivity contribution >= 4 is 34.8 Å². The van der Waals surface area contributed by atoms with E-state index < -0.39 is 0 Å². The van der Waals surface area contributed by atoms with Crippen molar-refractivity contribution < 1.29 is 4.79 Å². The molecule has 0 radical (unpaired) electrons. The van der Waals surface area contributed by atoms with Crippen LogP contribution < -0.4 is 10.2 Å². The van der Waals surface area contributed by atoms with Gasteiger partial charge in [-0.25, -0.2) is 0 Å². The first-order valence-electron chi connectivity index (χ1n) is 10.1. The van der Waals surface area contributed by atoms with Crippen molar-refractivity contribution in [1.82, 2.24) is 20.2 Å². The smallest absolute Gasteiger partial charge is 0.251 e. The lowest BCUT2D eigenvalue weighted by molar-refractivity contribution is -0.114. The van der Waals surface area contributed by atoms with Gasteiger partial charge in [-0.3, -0.25) is 9.69 Å². The molecule has 1 atom stereocenters. The third-order valence-corrected chi connectivity index (χ3v) is 5.48.